The number of benzene rings is 1. The van der Waals surface area contributed by atoms with Crippen molar-refractivity contribution in [1.82, 2.24) is 23.9 Å². The van der Waals surface area contributed by atoms with Crippen LogP contribution >= 0.6 is 11.7 Å². The molecule has 1 aromatic carbocycles. The first-order valence-corrected chi connectivity index (χ1v) is 9.25. The number of aliphatic hydroxyl groups is 1. The van der Waals surface area contributed by atoms with Crippen LogP contribution in [0.5, 0.6) is 0 Å². The van der Waals surface area contributed by atoms with E-state index in [4.69, 9.17) is 0 Å². The molecule has 3 aromatic rings. The highest BCUT2D eigenvalue weighted by molar-refractivity contribution is 7.00. The smallest absolute Gasteiger partial charge is 0.270 e. The second-order valence-corrected chi connectivity index (χ2v) is 7.00. The normalized spacial score (nSPS) is 21.0. The summed E-state index contributed by atoms with van der Waals surface area (Å²) in [4.78, 5) is 18.5. The van der Waals surface area contributed by atoms with E-state index >= 15 is 0 Å². The summed E-state index contributed by atoms with van der Waals surface area (Å²) in [5, 5.41) is 13.3. The third-order valence-corrected chi connectivity index (χ3v) is 5.16. The Morgan fingerprint density at radius 3 is 2.96 bits per heavy atom. The molecule has 0 radical (unpaired) electrons. The topological polar surface area (TPSA) is 91.2 Å². The van der Waals surface area contributed by atoms with Gasteiger partial charge in [0.25, 0.3) is 5.91 Å². The number of nitrogens with zero attached hydrogens (tertiary/aromatic N) is 4. The monoisotopic (exact) mass is 369 g/mol. The predicted octanol–water partition coefficient (Wildman–Crippen LogP) is 1.45. The van der Waals surface area contributed by atoms with Crippen molar-refractivity contribution in [1.29, 1.82) is 0 Å². The quantitative estimate of drug-likeness (QED) is 0.723. The maximum Gasteiger partial charge on any atom is 0.270 e. The number of likely N-dealkylation sites (tertiary alicyclic amines) is 1. The van der Waals surface area contributed by atoms with Crippen molar-refractivity contribution in [2.75, 3.05) is 13.1 Å². The maximum atomic E-state index is 12.2. The van der Waals surface area contributed by atoms with Gasteiger partial charge in [0.05, 0.1) is 23.9 Å². The highest BCUT2D eigenvalue weighted by atomic mass is 32.1. The van der Waals surface area contributed by atoms with Crippen LogP contribution in [0.25, 0.3) is 11.0 Å². The number of β-amino-alcohol motifs (C(OH)–C–C–N with tert-alkyl or cyclic N) is 1. The van der Waals surface area contributed by atoms with Crippen LogP contribution < -0.4 is 5.32 Å². The van der Waals surface area contributed by atoms with E-state index < -0.39 is 6.10 Å². The van der Waals surface area contributed by atoms with Crippen LogP contribution in [0.1, 0.15) is 22.5 Å². The zero-order valence-electron chi connectivity index (χ0n) is 14.1. The fourth-order valence-electron chi connectivity index (χ4n) is 3.23. The van der Waals surface area contributed by atoms with Crippen LogP contribution in [0.3, 0.4) is 0 Å². The van der Waals surface area contributed by atoms with Crippen molar-refractivity contribution in [2.45, 2.75) is 25.1 Å². The molecule has 0 unspecified atom stereocenters. The average molecular weight is 369 g/mol. The van der Waals surface area contributed by atoms with Gasteiger partial charge in [0.2, 0.25) is 0 Å². The number of aromatic nitrogens is 3. The van der Waals surface area contributed by atoms with E-state index in [0.29, 0.717) is 18.7 Å². The summed E-state index contributed by atoms with van der Waals surface area (Å²) in [5.41, 5.74) is 3.33. The minimum absolute atomic E-state index is 0.246. The Kier molecular flexibility index (Phi) is 4.87. The molecule has 0 bridgehead atoms. The van der Waals surface area contributed by atoms with E-state index in [0.717, 1.165) is 29.7 Å². The number of aliphatic hydroxyl groups excluding tert-OH is 1. The minimum Gasteiger partial charge on any atom is -0.390 e. The number of pyridine rings is 1. The molecular weight excluding hydrogens is 350 g/mol. The Labute approximate surface area is 155 Å². The third-order valence-electron chi connectivity index (χ3n) is 4.60. The molecule has 0 spiro atoms. The summed E-state index contributed by atoms with van der Waals surface area (Å²) in [5.74, 6) is -0.246. The summed E-state index contributed by atoms with van der Waals surface area (Å²) in [6.45, 7) is 2.06. The van der Waals surface area contributed by atoms with Crippen LogP contribution in [-0.4, -0.2) is 54.9 Å². The molecule has 0 saturated carbocycles. The number of hydrogen-bond donors (Lipinski definition) is 2. The fraction of sp³-hybridized carbons (Fsp3) is 0.333. The minimum atomic E-state index is -0.610. The van der Waals surface area contributed by atoms with Crippen molar-refractivity contribution in [3.63, 3.8) is 0 Å². The largest absolute Gasteiger partial charge is 0.390 e. The molecular formula is C18H19N5O2S. The number of hydrogen-bond acceptors (Lipinski definition) is 7. The number of nitrogens with one attached hydrogen (secondary N) is 1. The highest BCUT2D eigenvalue weighted by Gasteiger charge is 2.29. The molecule has 3 heterocycles. The Morgan fingerprint density at radius 2 is 2.15 bits per heavy atom. The van der Waals surface area contributed by atoms with Crippen molar-refractivity contribution in [3.05, 3.63) is 53.9 Å². The Hall–Kier alpha value is -2.42. The lowest BCUT2D eigenvalue weighted by Gasteiger charge is -2.36. The number of fused-ring (bicyclic) bond motifs is 1. The summed E-state index contributed by atoms with van der Waals surface area (Å²) in [6, 6.07) is 11.0. The van der Waals surface area contributed by atoms with E-state index in [1.165, 1.54) is 11.7 Å². The van der Waals surface area contributed by atoms with Gasteiger partial charge in [0.15, 0.2) is 0 Å². The van der Waals surface area contributed by atoms with E-state index in [1.54, 1.807) is 24.4 Å². The first-order valence-electron chi connectivity index (χ1n) is 8.52. The first kappa shape index (κ1) is 17.0. The molecule has 0 aliphatic carbocycles. The van der Waals surface area contributed by atoms with Gasteiger partial charge in [0.1, 0.15) is 16.7 Å². The van der Waals surface area contributed by atoms with Gasteiger partial charge >= 0.3 is 0 Å². The van der Waals surface area contributed by atoms with Crippen LogP contribution in [0.4, 0.5) is 0 Å². The standard InChI is InChI=1S/C18H19N5O2S/c24-17-11-23(10-12-4-5-13-16(9-12)22-26-21-13)8-6-14(17)20-18(25)15-3-1-2-7-19-15/h1-5,7,9,14,17,24H,6,8,10-11H2,(H,20,25)/t14-,17-/m1/s1. The molecule has 2 aromatic heterocycles. The average Bonchev–Trinajstić information content (AvgIpc) is 3.12. The summed E-state index contributed by atoms with van der Waals surface area (Å²) in [6.07, 6.45) is 1.67. The first-order chi connectivity index (χ1) is 12.7. The Morgan fingerprint density at radius 1 is 1.27 bits per heavy atom. The van der Waals surface area contributed by atoms with Crippen molar-refractivity contribution >= 4 is 28.7 Å². The van der Waals surface area contributed by atoms with Gasteiger partial charge in [-0.15, -0.1) is 0 Å². The van der Waals surface area contributed by atoms with Gasteiger partial charge in [-0.05, 0) is 36.2 Å². The van der Waals surface area contributed by atoms with Crippen LogP contribution in [0, 0.1) is 0 Å². The Balaban J connectivity index is 1.35. The van der Waals surface area contributed by atoms with Crippen LogP contribution in [0.15, 0.2) is 42.6 Å². The van der Waals surface area contributed by atoms with E-state index in [-0.39, 0.29) is 11.9 Å². The molecule has 2 N–H and O–H groups in total. The predicted molar refractivity (Wildman–Crippen MR) is 98.8 cm³/mol. The molecule has 1 aliphatic rings. The van der Waals surface area contributed by atoms with Crippen molar-refractivity contribution in [2.24, 2.45) is 0 Å². The molecule has 26 heavy (non-hydrogen) atoms. The van der Waals surface area contributed by atoms with Gasteiger partial charge in [-0.2, -0.15) is 8.75 Å². The molecule has 8 heteroatoms. The van der Waals surface area contributed by atoms with E-state index in [9.17, 15) is 9.90 Å². The van der Waals surface area contributed by atoms with Crippen molar-refractivity contribution < 1.29 is 9.90 Å². The van der Waals surface area contributed by atoms with Gasteiger partial charge in [-0.3, -0.25) is 14.7 Å². The van der Waals surface area contributed by atoms with Crippen LogP contribution in [-0.2, 0) is 6.54 Å². The molecule has 1 aliphatic heterocycles. The molecule has 2 atom stereocenters. The number of rotatable bonds is 4. The Bertz CT molecular complexity index is 901. The third kappa shape index (κ3) is 3.72. The maximum absolute atomic E-state index is 12.2. The van der Waals surface area contributed by atoms with E-state index in [2.05, 4.69) is 23.9 Å². The fourth-order valence-corrected chi connectivity index (χ4v) is 3.75. The summed E-state index contributed by atoms with van der Waals surface area (Å²) in [7, 11) is 0. The summed E-state index contributed by atoms with van der Waals surface area (Å²) >= 11 is 1.21. The SMILES string of the molecule is O=C(N[C@@H]1CCN(Cc2ccc3nsnc3c2)C[C@H]1O)c1ccccn1. The number of piperidine rings is 1. The van der Waals surface area contributed by atoms with Gasteiger partial charge in [-0.25, -0.2) is 0 Å². The van der Waals surface area contributed by atoms with E-state index in [1.807, 2.05) is 18.2 Å². The summed E-state index contributed by atoms with van der Waals surface area (Å²) < 4.78 is 8.48. The van der Waals surface area contributed by atoms with Gasteiger partial charge in [0, 0.05) is 25.8 Å². The molecule has 134 valence electrons. The lowest BCUT2D eigenvalue weighted by molar-refractivity contribution is 0.0348. The lowest BCUT2D eigenvalue weighted by atomic mass is 10.0. The molecule has 1 amide bonds. The zero-order chi connectivity index (χ0) is 17.9. The number of carbonyl (C=O) groups excluding carboxylic acids is 1. The molecule has 1 fully saturated rings. The molecule has 1 saturated heterocycles. The van der Waals surface area contributed by atoms with Crippen molar-refractivity contribution in [3.8, 4) is 0 Å². The van der Waals surface area contributed by atoms with Gasteiger partial charge < -0.3 is 10.4 Å². The van der Waals surface area contributed by atoms with Crippen LogP contribution in [0.2, 0.25) is 0 Å². The number of carbonyl (C=O) groups is 1. The highest BCUT2D eigenvalue weighted by Crippen LogP contribution is 2.18. The second kappa shape index (κ2) is 7.45. The number of amides is 1. The molecule has 4 rings (SSSR count). The molecule has 7 nitrogen and oxygen atoms in total. The lowest BCUT2D eigenvalue weighted by Crippen LogP contribution is -2.53. The van der Waals surface area contributed by atoms with Gasteiger partial charge in [-0.1, -0.05) is 12.1 Å². The zero-order valence-corrected chi connectivity index (χ0v) is 14.9. The second-order valence-electron chi connectivity index (χ2n) is 6.47.